The van der Waals surface area contributed by atoms with Gasteiger partial charge < -0.3 is 5.11 Å². The molecular formula is C14H10ClFO2. The summed E-state index contributed by atoms with van der Waals surface area (Å²) in [5, 5.41) is 9.39. The SMILES string of the molecule is O=C(O)Cc1cc(F)ccc1-c1cccc(Cl)c1. The summed E-state index contributed by atoms with van der Waals surface area (Å²) in [6.07, 6.45) is -0.223. The summed E-state index contributed by atoms with van der Waals surface area (Å²) in [4.78, 5) is 10.8. The molecule has 0 radical (unpaired) electrons. The molecule has 92 valence electrons. The van der Waals surface area contributed by atoms with Crippen molar-refractivity contribution < 1.29 is 14.3 Å². The Morgan fingerprint density at radius 2 is 2.00 bits per heavy atom. The second-order valence-electron chi connectivity index (χ2n) is 3.88. The lowest BCUT2D eigenvalue weighted by atomic mass is 9.97. The maximum absolute atomic E-state index is 13.2. The third-order valence-electron chi connectivity index (χ3n) is 2.54. The maximum atomic E-state index is 13.2. The number of benzene rings is 2. The molecule has 2 aromatic rings. The first-order chi connectivity index (χ1) is 8.56. The van der Waals surface area contributed by atoms with E-state index < -0.39 is 11.8 Å². The van der Waals surface area contributed by atoms with Gasteiger partial charge in [0.15, 0.2) is 0 Å². The second-order valence-corrected chi connectivity index (χ2v) is 4.32. The van der Waals surface area contributed by atoms with Crippen LogP contribution in [0.3, 0.4) is 0 Å². The van der Waals surface area contributed by atoms with Crippen LogP contribution in [0.25, 0.3) is 11.1 Å². The molecule has 0 unspecified atom stereocenters. The predicted octanol–water partition coefficient (Wildman–Crippen LogP) is 3.77. The number of hydrogen-bond donors (Lipinski definition) is 1. The van der Waals surface area contributed by atoms with Gasteiger partial charge in [0, 0.05) is 5.02 Å². The van der Waals surface area contributed by atoms with Crippen LogP contribution in [0.1, 0.15) is 5.56 Å². The fourth-order valence-corrected chi connectivity index (χ4v) is 2.00. The minimum Gasteiger partial charge on any atom is -0.481 e. The lowest BCUT2D eigenvalue weighted by Crippen LogP contribution is -2.02. The Morgan fingerprint density at radius 1 is 1.22 bits per heavy atom. The van der Waals surface area contributed by atoms with E-state index in [-0.39, 0.29) is 6.42 Å². The maximum Gasteiger partial charge on any atom is 0.307 e. The minimum atomic E-state index is -0.996. The van der Waals surface area contributed by atoms with Gasteiger partial charge in [-0.15, -0.1) is 0 Å². The van der Waals surface area contributed by atoms with E-state index in [1.54, 1.807) is 24.3 Å². The van der Waals surface area contributed by atoms with Gasteiger partial charge in [-0.2, -0.15) is 0 Å². The number of aliphatic carboxylic acids is 1. The zero-order valence-electron chi connectivity index (χ0n) is 9.36. The highest BCUT2D eigenvalue weighted by Gasteiger charge is 2.10. The molecule has 2 rings (SSSR count). The molecule has 0 amide bonds. The van der Waals surface area contributed by atoms with Crippen LogP contribution in [0.15, 0.2) is 42.5 Å². The first-order valence-electron chi connectivity index (χ1n) is 5.32. The number of carboxylic acids is 1. The van der Waals surface area contributed by atoms with Crippen molar-refractivity contribution >= 4 is 17.6 Å². The number of rotatable bonds is 3. The molecule has 0 fully saturated rings. The molecule has 1 N–H and O–H groups in total. The summed E-state index contributed by atoms with van der Waals surface area (Å²) >= 11 is 5.89. The minimum absolute atomic E-state index is 0.223. The normalized spacial score (nSPS) is 10.3. The predicted molar refractivity (Wildman–Crippen MR) is 68.2 cm³/mol. The highest BCUT2D eigenvalue weighted by Crippen LogP contribution is 2.27. The molecule has 0 bridgehead atoms. The summed E-state index contributed by atoms with van der Waals surface area (Å²) in [5.74, 6) is -1.44. The summed E-state index contributed by atoms with van der Waals surface area (Å²) in [5.41, 5.74) is 1.89. The molecule has 0 aromatic heterocycles. The van der Waals surface area contributed by atoms with Gasteiger partial charge in [-0.25, -0.2) is 4.39 Å². The fourth-order valence-electron chi connectivity index (χ4n) is 1.81. The van der Waals surface area contributed by atoms with Crippen molar-refractivity contribution in [1.82, 2.24) is 0 Å². The fraction of sp³-hybridized carbons (Fsp3) is 0.0714. The van der Waals surface area contributed by atoms with E-state index in [4.69, 9.17) is 16.7 Å². The van der Waals surface area contributed by atoms with Crippen molar-refractivity contribution in [3.63, 3.8) is 0 Å². The van der Waals surface area contributed by atoms with Gasteiger partial charge in [-0.05, 0) is 41.0 Å². The van der Waals surface area contributed by atoms with Crippen LogP contribution in [-0.4, -0.2) is 11.1 Å². The molecule has 0 aliphatic carbocycles. The van der Waals surface area contributed by atoms with Crippen molar-refractivity contribution in [2.45, 2.75) is 6.42 Å². The van der Waals surface area contributed by atoms with Gasteiger partial charge in [0.1, 0.15) is 5.82 Å². The van der Waals surface area contributed by atoms with Crippen LogP contribution in [-0.2, 0) is 11.2 Å². The lowest BCUT2D eigenvalue weighted by molar-refractivity contribution is -0.136. The Morgan fingerprint density at radius 3 is 2.67 bits per heavy atom. The number of halogens is 2. The number of carbonyl (C=O) groups is 1. The zero-order valence-corrected chi connectivity index (χ0v) is 10.1. The molecule has 0 aliphatic heterocycles. The third kappa shape index (κ3) is 2.87. The summed E-state index contributed by atoms with van der Waals surface area (Å²) < 4.78 is 13.2. The first-order valence-corrected chi connectivity index (χ1v) is 5.70. The van der Waals surface area contributed by atoms with E-state index in [2.05, 4.69) is 0 Å². The molecule has 2 nitrogen and oxygen atoms in total. The van der Waals surface area contributed by atoms with Crippen LogP contribution < -0.4 is 0 Å². The average molecular weight is 265 g/mol. The van der Waals surface area contributed by atoms with Gasteiger partial charge >= 0.3 is 5.97 Å². The van der Waals surface area contributed by atoms with E-state index >= 15 is 0 Å². The van der Waals surface area contributed by atoms with Gasteiger partial charge in [-0.3, -0.25) is 4.79 Å². The second kappa shape index (κ2) is 5.19. The lowest BCUT2D eigenvalue weighted by Gasteiger charge is -2.08. The molecule has 2 aromatic carbocycles. The van der Waals surface area contributed by atoms with Crippen LogP contribution in [0.2, 0.25) is 5.02 Å². The summed E-state index contributed by atoms with van der Waals surface area (Å²) in [7, 11) is 0. The van der Waals surface area contributed by atoms with E-state index in [0.717, 1.165) is 5.56 Å². The van der Waals surface area contributed by atoms with Crippen molar-refractivity contribution in [2.75, 3.05) is 0 Å². The molecule has 18 heavy (non-hydrogen) atoms. The first kappa shape index (κ1) is 12.6. The Hall–Kier alpha value is -1.87. The molecule has 0 saturated carbocycles. The Labute approximate surface area is 109 Å². The van der Waals surface area contributed by atoms with Crippen LogP contribution in [0.4, 0.5) is 4.39 Å². The van der Waals surface area contributed by atoms with Crippen LogP contribution in [0.5, 0.6) is 0 Å². The standard InChI is InChI=1S/C14H10ClFO2/c15-11-3-1-2-9(6-11)13-5-4-12(16)7-10(13)8-14(17)18/h1-7H,8H2,(H,17,18). The largest absolute Gasteiger partial charge is 0.481 e. The van der Waals surface area contributed by atoms with E-state index in [0.29, 0.717) is 16.1 Å². The third-order valence-corrected chi connectivity index (χ3v) is 2.78. The number of hydrogen-bond acceptors (Lipinski definition) is 1. The topological polar surface area (TPSA) is 37.3 Å². The zero-order chi connectivity index (χ0) is 13.1. The highest BCUT2D eigenvalue weighted by molar-refractivity contribution is 6.30. The van der Waals surface area contributed by atoms with E-state index in [9.17, 15) is 9.18 Å². The van der Waals surface area contributed by atoms with Crippen LogP contribution in [0, 0.1) is 5.82 Å². The van der Waals surface area contributed by atoms with Gasteiger partial charge in [-0.1, -0.05) is 29.8 Å². The van der Waals surface area contributed by atoms with Crippen molar-refractivity contribution in [3.8, 4) is 11.1 Å². The van der Waals surface area contributed by atoms with Crippen molar-refractivity contribution in [2.24, 2.45) is 0 Å². The Bertz CT molecular complexity index is 596. The molecule has 4 heteroatoms. The van der Waals surface area contributed by atoms with Crippen molar-refractivity contribution in [1.29, 1.82) is 0 Å². The Balaban J connectivity index is 2.52. The average Bonchev–Trinajstić information content (AvgIpc) is 2.28. The molecule has 0 spiro atoms. The summed E-state index contributed by atoms with van der Waals surface area (Å²) in [6.45, 7) is 0. The highest BCUT2D eigenvalue weighted by atomic mass is 35.5. The molecular weight excluding hydrogens is 255 g/mol. The van der Waals surface area contributed by atoms with Gasteiger partial charge in [0.2, 0.25) is 0 Å². The quantitative estimate of drug-likeness (QED) is 0.916. The van der Waals surface area contributed by atoms with Crippen LogP contribution >= 0.6 is 11.6 Å². The molecule has 0 heterocycles. The molecule has 0 atom stereocenters. The smallest absolute Gasteiger partial charge is 0.307 e. The number of carboxylic acid groups (broad SMARTS) is 1. The monoisotopic (exact) mass is 264 g/mol. The van der Waals surface area contributed by atoms with Gasteiger partial charge in [0.25, 0.3) is 0 Å². The van der Waals surface area contributed by atoms with E-state index in [1.807, 2.05) is 6.07 Å². The molecule has 0 saturated heterocycles. The van der Waals surface area contributed by atoms with Crippen molar-refractivity contribution in [3.05, 3.63) is 58.9 Å². The van der Waals surface area contributed by atoms with E-state index in [1.165, 1.54) is 12.1 Å². The van der Waals surface area contributed by atoms with Gasteiger partial charge in [0.05, 0.1) is 6.42 Å². The summed E-state index contributed by atoms with van der Waals surface area (Å²) in [6, 6.07) is 11.1. The Kier molecular flexibility index (Phi) is 3.63. The molecule has 0 aliphatic rings.